The summed E-state index contributed by atoms with van der Waals surface area (Å²) in [7, 11) is 0. The minimum absolute atomic E-state index is 0.0730. The molecule has 2 aromatic rings. The Balaban J connectivity index is 2.73. The van der Waals surface area contributed by atoms with Crippen LogP contribution in [-0.4, -0.2) is 9.73 Å². The largest absolute Gasteiger partial charge is 0.255 e. The Morgan fingerprint density at radius 2 is 2.00 bits per heavy atom. The third kappa shape index (κ3) is 2.65. The maximum Gasteiger partial charge on any atom is 0.102 e. The number of nitrogens with zero attached hydrogens (tertiary/aromatic N) is 2. The van der Waals surface area contributed by atoms with E-state index in [0.717, 1.165) is 15.8 Å². The fourth-order valence-corrected chi connectivity index (χ4v) is 2.87. The number of aromatic nitrogens is 1. The number of fused-ring (bicyclic) bond motifs is 1. The number of aryl methyl sites for hydroxylation is 1. The molecule has 1 aromatic carbocycles. The maximum absolute atomic E-state index is 9.24. The first-order valence-corrected chi connectivity index (χ1v) is 6.71. The van der Waals surface area contributed by atoms with Crippen molar-refractivity contribution in [2.75, 3.05) is 0 Å². The maximum atomic E-state index is 9.24. The first-order valence-electron chi connectivity index (χ1n) is 5.89. The zero-order chi connectivity index (χ0) is 13.3. The van der Waals surface area contributed by atoms with E-state index in [9.17, 15) is 5.26 Å². The summed E-state index contributed by atoms with van der Waals surface area (Å²) >= 11 is 1.73. The Morgan fingerprint density at radius 3 is 2.61 bits per heavy atom. The van der Waals surface area contributed by atoms with Crippen LogP contribution in [-0.2, 0) is 0 Å². The molecule has 0 bridgehead atoms. The fourth-order valence-electron chi connectivity index (χ4n) is 1.78. The lowest BCUT2D eigenvalue weighted by atomic mass is 10.1. The Morgan fingerprint density at radius 1 is 1.28 bits per heavy atom. The first-order chi connectivity index (χ1) is 8.40. The van der Waals surface area contributed by atoms with Crippen molar-refractivity contribution < 1.29 is 0 Å². The lowest BCUT2D eigenvalue weighted by molar-refractivity contribution is 0.803. The summed E-state index contributed by atoms with van der Waals surface area (Å²) < 4.78 is 0.0730. The SMILES string of the molecule is Cc1ccc2ncc(C#N)c(SC(C)(C)C)c2c1. The van der Waals surface area contributed by atoms with Crippen molar-refractivity contribution in [3.63, 3.8) is 0 Å². The molecule has 0 aliphatic carbocycles. The first kappa shape index (κ1) is 12.9. The molecule has 2 nitrogen and oxygen atoms in total. The van der Waals surface area contributed by atoms with Crippen molar-refractivity contribution in [3.05, 3.63) is 35.5 Å². The van der Waals surface area contributed by atoms with Crippen LogP contribution in [0.5, 0.6) is 0 Å². The molecule has 1 aromatic heterocycles. The Kier molecular flexibility index (Phi) is 3.32. The van der Waals surface area contributed by atoms with E-state index in [2.05, 4.69) is 44.8 Å². The number of rotatable bonds is 1. The molecule has 0 spiro atoms. The van der Waals surface area contributed by atoms with Gasteiger partial charge in [-0.25, -0.2) is 0 Å². The van der Waals surface area contributed by atoms with Crippen LogP contribution in [0.1, 0.15) is 31.9 Å². The second-order valence-electron chi connectivity index (χ2n) is 5.35. The van der Waals surface area contributed by atoms with Crippen LogP contribution in [0.2, 0.25) is 0 Å². The smallest absolute Gasteiger partial charge is 0.102 e. The fraction of sp³-hybridized carbons (Fsp3) is 0.333. The zero-order valence-electron chi connectivity index (χ0n) is 11.1. The number of benzene rings is 1. The summed E-state index contributed by atoms with van der Waals surface area (Å²) in [5.74, 6) is 0. The molecule has 2 rings (SSSR count). The van der Waals surface area contributed by atoms with Crippen LogP contribution in [0.15, 0.2) is 29.3 Å². The number of nitriles is 1. The van der Waals surface area contributed by atoms with Crippen LogP contribution in [0.3, 0.4) is 0 Å². The van der Waals surface area contributed by atoms with Crippen LogP contribution in [0.4, 0.5) is 0 Å². The molecular weight excluding hydrogens is 240 g/mol. The van der Waals surface area contributed by atoms with Crippen LogP contribution < -0.4 is 0 Å². The van der Waals surface area contributed by atoms with E-state index in [1.807, 2.05) is 12.1 Å². The average molecular weight is 256 g/mol. The Hall–Kier alpha value is -1.53. The van der Waals surface area contributed by atoms with Gasteiger partial charge in [0.2, 0.25) is 0 Å². The molecule has 0 saturated heterocycles. The van der Waals surface area contributed by atoms with Crippen molar-refractivity contribution in [3.8, 4) is 6.07 Å². The summed E-state index contributed by atoms with van der Waals surface area (Å²) in [6.07, 6.45) is 1.67. The summed E-state index contributed by atoms with van der Waals surface area (Å²) in [5, 5.41) is 10.3. The number of hydrogen-bond donors (Lipinski definition) is 0. The van der Waals surface area contributed by atoms with Crippen LogP contribution in [0, 0.1) is 18.3 Å². The normalized spacial score (nSPS) is 11.5. The van der Waals surface area contributed by atoms with E-state index >= 15 is 0 Å². The summed E-state index contributed by atoms with van der Waals surface area (Å²) in [5.41, 5.74) is 2.80. The second-order valence-corrected chi connectivity index (χ2v) is 7.18. The van der Waals surface area contributed by atoms with Gasteiger partial charge in [-0.05, 0) is 19.1 Å². The third-order valence-electron chi connectivity index (χ3n) is 2.50. The van der Waals surface area contributed by atoms with E-state index in [-0.39, 0.29) is 4.75 Å². The molecule has 1 heterocycles. The molecule has 0 aliphatic heterocycles. The molecule has 0 unspecified atom stereocenters. The quantitative estimate of drug-likeness (QED) is 0.713. The number of hydrogen-bond acceptors (Lipinski definition) is 3. The minimum Gasteiger partial charge on any atom is -0.255 e. The molecule has 92 valence electrons. The lowest BCUT2D eigenvalue weighted by Gasteiger charge is -2.19. The standard InChI is InChI=1S/C15H16N2S/c1-10-5-6-13-12(7-10)14(18-15(2,3)4)11(8-16)9-17-13/h5-7,9H,1-4H3. The van der Waals surface area contributed by atoms with Crippen molar-refractivity contribution in [2.24, 2.45) is 0 Å². The van der Waals surface area contributed by atoms with E-state index in [0.29, 0.717) is 5.56 Å². The van der Waals surface area contributed by atoms with Crippen molar-refractivity contribution in [2.45, 2.75) is 37.3 Å². The van der Waals surface area contributed by atoms with Crippen LogP contribution in [0.25, 0.3) is 10.9 Å². The third-order valence-corrected chi connectivity index (χ3v) is 3.76. The van der Waals surface area contributed by atoms with Crippen molar-refractivity contribution in [1.29, 1.82) is 5.26 Å². The Bertz CT molecular complexity index is 633. The van der Waals surface area contributed by atoms with Gasteiger partial charge in [0.05, 0.1) is 11.1 Å². The highest BCUT2D eigenvalue weighted by atomic mass is 32.2. The Labute approximate surface area is 112 Å². The van der Waals surface area contributed by atoms with Gasteiger partial charge in [-0.3, -0.25) is 4.98 Å². The highest BCUT2D eigenvalue weighted by Crippen LogP contribution is 2.38. The zero-order valence-corrected chi connectivity index (χ0v) is 11.9. The van der Waals surface area contributed by atoms with Gasteiger partial charge in [-0.1, -0.05) is 32.4 Å². The van der Waals surface area contributed by atoms with Gasteiger partial charge < -0.3 is 0 Å². The molecule has 0 aliphatic rings. The molecular formula is C15H16N2S. The molecule has 18 heavy (non-hydrogen) atoms. The molecule has 0 atom stereocenters. The van der Waals surface area contributed by atoms with Crippen LogP contribution >= 0.6 is 11.8 Å². The van der Waals surface area contributed by atoms with Gasteiger partial charge in [0, 0.05) is 21.2 Å². The van der Waals surface area contributed by atoms with E-state index in [1.165, 1.54) is 5.56 Å². The highest BCUT2D eigenvalue weighted by molar-refractivity contribution is 8.00. The molecule has 0 amide bonds. The number of pyridine rings is 1. The van der Waals surface area contributed by atoms with E-state index in [4.69, 9.17) is 0 Å². The summed E-state index contributed by atoms with van der Waals surface area (Å²) in [6, 6.07) is 8.42. The predicted molar refractivity (Wildman–Crippen MR) is 76.8 cm³/mol. The van der Waals surface area contributed by atoms with Gasteiger partial charge in [-0.2, -0.15) is 5.26 Å². The predicted octanol–water partition coefficient (Wildman–Crippen LogP) is 4.31. The summed E-state index contributed by atoms with van der Waals surface area (Å²) in [6.45, 7) is 8.52. The van der Waals surface area contributed by atoms with Crippen molar-refractivity contribution >= 4 is 22.7 Å². The molecule has 0 N–H and O–H groups in total. The molecule has 3 heteroatoms. The second kappa shape index (κ2) is 4.62. The summed E-state index contributed by atoms with van der Waals surface area (Å²) in [4.78, 5) is 5.39. The monoisotopic (exact) mass is 256 g/mol. The average Bonchev–Trinajstić information content (AvgIpc) is 2.28. The van der Waals surface area contributed by atoms with Gasteiger partial charge in [0.1, 0.15) is 6.07 Å². The van der Waals surface area contributed by atoms with Gasteiger partial charge >= 0.3 is 0 Å². The topological polar surface area (TPSA) is 36.7 Å². The minimum atomic E-state index is 0.0730. The van der Waals surface area contributed by atoms with Crippen molar-refractivity contribution in [1.82, 2.24) is 4.98 Å². The lowest BCUT2D eigenvalue weighted by Crippen LogP contribution is -2.07. The number of thioether (sulfide) groups is 1. The van der Waals surface area contributed by atoms with Gasteiger partial charge in [0.15, 0.2) is 0 Å². The van der Waals surface area contributed by atoms with E-state index < -0.39 is 0 Å². The van der Waals surface area contributed by atoms with E-state index in [1.54, 1.807) is 18.0 Å². The highest BCUT2D eigenvalue weighted by Gasteiger charge is 2.18. The molecule has 0 saturated carbocycles. The van der Waals surface area contributed by atoms with Gasteiger partial charge in [-0.15, -0.1) is 11.8 Å². The van der Waals surface area contributed by atoms with Gasteiger partial charge in [0.25, 0.3) is 0 Å². The molecule has 0 radical (unpaired) electrons. The molecule has 0 fully saturated rings.